The van der Waals surface area contributed by atoms with Crippen molar-refractivity contribution in [1.29, 1.82) is 0 Å². The summed E-state index contributed by atoms with van der Waals surface area (Å²) in [6, 6.07) is 1.93. The highest BCUT2D eigenvalue weighted by atomic mass is 16.1. The normalized spacial score (nSPS) is 18.1. The molecule has 80 valence electrons. The fourth-order valence-corrected chi connectivity index (χ4v) is 1.78. The predicted molar refractivity (Wildman–Crippen MR) is 56.3 cm³/mol. The SMILES string of the molecule is Cc1nccc(CN2CCC(=O)CC2)n1. The van der Waals surface area contributed by atoms with Crippen LogP contribution in [0.25, 0.3) is 0 Å². The molecule has 0 radical (unpaired) electrons. The summed E-state index contributed by atoms with van der Waals surface area (Å²) in [6.45, 7) is 4.45. The Bertz CT molecular complexity index is 355. The molecule has 0 spiro atoms. The Hall–Kier alpha value is -1.29. The summed E-state index contributed by atoms with van der Waals surface area (Å²) in [5, 5.41) is 0. The van der Waals surface area contributed by atoms with Crippen molar-refractivity contribution in [3.63, 3.8) is 0 Å². The molecule has 4 heteroatoms. The van der Waals surface area contributed by atoms with Crippen LogP contribution >= 0.6 is 0 Å². The fourth-order valence-electron chi connectivity index (χ4n) is 1.78. The van der Waals surface area contributed by atoms with E-state index in [2.05, 4.69) is 14.9 Å². The van der Waals surface area contributed by atoms with E-state index < -0.39 is 0 Å². The standard InChI is InChI=1S/C11H15N3O/c1-9-12-5-2-10(13-9)8-14-6-3-11(15)4-7-14/h2,5H,3-4,6-8H2,1H3. The van der Waals surface area contributed by atoms with Crippen molar-refractivity contribution < 1.29 is 4.79 Å². The minimum Gasteiger partial charge on any atom is -0.300 e. The van der Waals surface area contributed by atoms with Crippen LogP contribution in [0.3, 0.4) is 0 Å². The Labute approximate surface area is 89.3 Å². The van der Waals surface area contributed by atoms with Crippen molar-refractivity contribution in [2.24, 2.45) is 0 Å². The van der Waals surface area contributed by atoms with E-state index >= 15 is 0 Å². The van der Waals surface area contributed by atoms with Crippen molar-refractivity contribution in [2.45, 2.75) is 26.3 Å². The lowest BCUT2D eigenvalue weighted by atomic mass is 10.1. The molecule has 15 heavy (non-hydrogen) atoms. The number of hydrogen-bond donors (Lipinski definition) is 0. The van der Waals surface area contributed by atoms with Gasteiger partial charge in [-0.3, -0.25) is 9.69 Å². The van der Waals surface area contributed by atoms with Gasteiger partial charge in [-0.25, -0.2) is 9.97 Å². The summed E-state index contributed by atoms with van der Waals surface area (Å²) >= 11 is 0. The molecule has 0 aromatic carbocycles. The summed E-state index contributed by atoms with van der Waals surface area (Å²) in [5.74, 6) is 1.19. The highest BCUT2D eigenvalue weighted by molar-refractivity contribution is 5.79. The number of nitrogens with zero attached hydrogens (tertiary/aromatic N) is 3. The van der Waals surface area contributed by atoms with Gasteiger partial charge < -0.3 is 0 Å². The second kappa shape index (κ2) is 4.49. The van der Waals surface area contributed by atoms with Gasteiger partial charge in [0.1, 0.15) is 11.6 Å². The highest BCUT2D eigenvalue weighted by Gasteiger charge is 2.16. The molecule has 0 unspecified atom stereocenters. The van der Waals surface area contributed by atoms with Gasteiger partial charge in [-0.05, 0) is 13.0 Å². The first-order valence-corrected chi connectivity index (χ1v) is 5.26. The zero-order chi connectivity index (χ0) is 10.7. The Kier molecular flexibility index (Phi) is 3.06. The van der Waals surface area contributed by atoms with E-state index in [1.807, 2.05) is 13.0 Å². The third-order valence-corrected chi connectivity index (χ3v) is 2.63. The topological polar surface area (TPSA) is 46.1 Å². The number of piperidine rings is 1. The van der Waals surface area contributed by atoms with Crippen molar-refractivity contribution in [2.75, 3.05) is 13.1 Å². The number of likely N-dealkylation sites (tertiary alicyclic amines) is 1. The summed E-state index contributed by atoms with van der Waals surface area (Å²) in [6.07, 6.45) is 3.15. The Morgan fingerprint density at radius 1 is 1.40 bits per heavy atom. The number of Topliss-reactive ketones (excluding diaryl/α,β-unsaturated/α-hetero) is 1. The third kappa shape index (κ3) is 2.83. The van der Waals surface area contributed by atoms with E-state index in [1.165, 1.54) is 0 Å². The van der Waals surface area contributed by atoms with Gasteiger partial charge in [-0.15, -0.1) is 0 Å². The van der Waals surface area contributed by atoms with Gasteiger partial charge in [0.05, 0.1) is 5.69 Å². The number of carbonyl (C=O) groups is 1. The van der Waals surface area contributed by atoms with E-state index in [0.717, 1.165) is 31.2 Å². The Morgan fingerprint density at radius 3 is 2.80 bits per heavy atom. The van der Waals surface area contributed by atoms with Crippen LogP contribution in [-0.4, -0.2) is 33.7 Å². The van der Waals surface area contributed by atoms with Crippen LogP contribution in [0.1, 0.15) is 24.4 Å². The minimum atomic E-state index is 0.380. The summed E-state index contributed by atoms with van der Waals surface area (Å²) < 4.78 is 0. The molecule has 4 nitrogen and oxygen atoms in total. The lowest BCUT2D eigenvalue weighted by Gasteiger charge is -2.25. The van der Waals surface area contributed by atoms with Crippen LogP contribution in [-0.2, 0) is 11.3 Å². The first-order chi connectivity index (χ1) is 7.24. The maximum atomic E-state index is 11.1. The van der Waals surface area contributed by atoms with Crippen LogP contribution in [0, 0.1) is 6.92 Å². The molecule has 1 aliphatic heterocycles. The number of ketones is 1. The fraction of sp³-hybridized carbons (Fsp3) is 0.545. The van der Waals surface area contributed by atoms with Gasteiger partial charge >= 0.3 is 0 Å². The minimum absolute atomic E-state index is 0.380. The number of aryl methyl sites for hydroxylation is 1. The monoisotopic (exact) mass is 205 g/mol. The average Bonchev–Trinajstić information content (AvgIpc) is 2.22. The smallest absolute Gasteiger partial charge is 0.135 e. The molecule has 2 heterocycles. The van der Waals surface area contributed by atoms with Crippen molar-refractivity contribution in [1.82, 2.24) is 14.9 Å². The summed E-state index contributed by atoms with van der Waals surface area (Å²) in [5.41, 5.74) is 1.04. The summed E-state index contributed by atoms with van der Waals surface area (Å²) in [4.78, 5) is 21.7. The first-order valence-electron chi connectivity index (χ1n) is 5.26. The zero-order valence-electron chi connectivity index (χ0n) is 8.94. The molecule has 0 bridgehead atoms. The number of rotatable bonds is 2. The van der Waals surface area contributed by atoms with Crippen LogP contribution in [0.4, 0.5) is 0 Å². The molecule has 1 aliphatic rings. The van der Waals surface area contributed by atoms with E-state index in [4.69, 9.17) is 0 Å². The molecule has 0 N–H and O–H groups in total. The summed E-state index contributed by atoms with van der Waals surface area (Å²) in [7, 11) is 0. The van der Waals surface area contributed by atoms with Gasteiger partial charge in [0, 0.05) is 38.7 Å². The molecule has 0 amide bonds. The molecule has 0 aliphatic carbocycles. The van der Waals surface area contributed by atoms with Crippen molar-refractivity contribution >= 4 is 5.78 Å². The molecular weight excluding hydrogens is 190 g/mol. The van der Waals surface area contributed by atoms with E-state index in [0.29, 0.717) is 18.6 Å². The molecule has 2 rings (SSSR count). The van der Waals surface area contributed by atoms with Crippen LogP contribution in [0.2, 0.25) is 0 Å². The lowest BCUT2D eigenvalue weighted by molar-refractivity contribution is -0.121. The lowest BCUT2D eigenvalue weighted by Crippen LogP contribution is -2.33. The van der Waals surface area contributed by atoms with E-state index in [1.54, 1.807) is 6.20 Å². The van der Waals surface area contributed by atoms with E-state index in [9.17, 15) is 4.79 Å². The quantitative estimate of drug-likeness (QED) is 0.721. The van der Waals surface area contributed by atoms with Crippen molar-refractivity contribution in [3.8, 4) is 0 Å². The largest absolute Gasteiger partial charge is 0.300 e. The van der Waals surface area contributed by atoms with Crippen LogP contribution in [0.15, 0.2) is 12.3 Å². The highest BCUT2D eigenvalue weighted by Crippen LogP contribution is 2.09. The molecule has 0 atom stereocenters. The molecule has 0 saturated carbocycles. The number of hydrogen-bond acceptors (Lipinski definition) is 4. The molecular formula is C11H15N3O. The molecule has 1 aromatic heterocycles. The molecule has 1 saturated heterocycles. The number of carbonyl (C=O) groups excluding carboxylic acids is 1. The number of aromatic nitrogens is 2. The van der Waals surface area contributed by atoms with Gasteiger partial charge in [-0.2, -0.15) is 0 Å². The molecule has 1 aromatic rings. The zero-order valence-corrected chi connectivity index (χ0v) is 8.94. The van der Waals surface area contributed by atoms with Gasteiger partial charge in [-0.1, -0.05) is 0 Å². The molecule has 1 fully saturated rings. The van der Waals surface area contributed by atoms with Gasteiger partial charge in [0.25, 0.3) is 0 Å². The maximum absolute atomic E-state index is 11.1. The Morgan fingerprint density at radius 2 is 2.13 bits per heavy atom. The van der Waals surface area contributed by atoms with Crippen molar-refractivity contribution in [3.05, 3.63) is 23.8 Å². The second-order valence-corrected chi connectivity index (χ2v) is 3.91. The third-order valence-electron chi connectivity index (χ3n) is 2.63. The maximum Gasteiger partial charge on any atom is 0.135 e. The second-order valence-electron chi connectivity index (χ2n) is 3.91. The Balaban J connectivity index is 1.94. The predicted octanol–water partition coefficient (Wildman–Crippen LogP) is 0.950. The first kappa shape index (κ1) is 10.2. The van der Waals surface area contributed by atoms with Crippen LogP contribution < -0.4 is 0 Å². The van der Waals surface area contributed by atoms with E-state index in [-0.39, 0.29) is 0 Å². The van der Waals surface area contributed by atoms with Crippen LogP contribution in [0.5, 0.6) is 0 Å². The van der Waals surface area contributed by atoms with Gasteiger partial charge in [0.15, 0.2) is 0 Å². The average molecular weight is 205 g/mol. The van der Waals surface area contributed by atoms with Gasteiger partial charge in [0.2, 0.25) is 0 Å².